The molecule has 136 valence electrons. The maximum Gasteiger partial charge on any atom is 0.244 e. The van der Waals surface area contributed by atoms with Gasteiger partial charge in [0.1, 0.15) is 12.4 Å². The van der Waals surface area contributed by atoms with Crippen LogP contribution >= 0.6 is 11.6 Å². The van der Waals surface area contributed by atoms with Gasteiger partial charge >= 0.3 is 0 Å². The summed E-state index contributed by atoms with van der Waals surface area (Å²) in [5, 5.41) is 4.65. The number of ether oxygens (including phenoxy) is 1. The highest BCUT2D eigenvalue weighted by Crippen LogP contribution is 2.14. The fourth-order valence-electron chi connectivity index (χ4n) is 2.43. The van der Waals surface area contributed by atoms with Crippen molar-refractivity contribution in [1.29, 1.82) is 0 Å². The molecule has 0 aliphatic rings. The van der Waals surface area contributed by atoms with E-state index < -0.39 is 0 Å². The second-order valence-corrected chi connectivity index (χ2v) is 6.38. The lowest BCUT2D eigenvalue weighted by Crippen LogP contribution is -2.19. The van der Waals surface area contributed by atoms with E-state index in [2.05, 4.69) is 10.5 Å². The van der Waals surface area contributed by atoms with Crippen molar-refractivity contribution in [1.82, 2.24) is 5.43 Å². The largest absolute Gasteiger partial charge is 0.489 e. The molecule has 0 heterocycles. The van der Waals surface area contributed by atoms with Gasteiger partial charge in [-0.2, -0.15) is 5.10 Å². The lowest BCUT2D eigenvalue weighted by molar-refractivity contribution is -0.120. The van der Waals surface area contributed by atoms with Gasteiger partial charge in [0.25, 0.3) is 0 Å². The number of benzene rings is 3. The number of carbonyl (C=O) groups excluding carboxylic acids is 1. The first kappa shape index (κ1) is 18.7. The van der Waals surface area contributed by atoms with Crippen molar-refractivity contribution in [2.75, 3.05) is 0 Å². The molecule has 0 atom stereocenters. The molecule has 0 aliphatic carbocycles. The standard InChI is InChI=1S/C22H19ClN2O2/c23-20-11-9-17(10-12-20)14-22(26)25-24-15-19-7-4-8-21(13-19)27-16-18-5-2-1-3-6-18/h1-13,15H,14,16H2,(H,25,26)/b24-15-. The normalized spacial score (nSPS) is 10.7. The quantitative estimate of drug-likeness (QED) is 0.482. The van der Waals surface area contributed by atoms with E-state index in [0.717, 1.165) is 22.4 Å². The minimum absolute atomic E-state index is 0.190. The van der Waals surface area contributed by atoms with Crippen LogP contribution < -0.4 is 10.2 Å². The van der Waals surface area contributed by atoms with Gasteiger partial charge in [0, 0.05) is 5.02 Å². The third kappa shape index (κ3) is 6.28. The molecule has 4 nitrogen and oxygen atoms in total. The molecule has 1 amide bonds. The van der Waals surface area contributed by atoms with E-state index in [9.17, 15) is 4.79 Å². The smallest absolute Gasteiger partial charge is 0.244 e. The van der Waals surface area contributed by atoms with Crippen LogP contribution in [0, 0.1) is 0 Å². The summed E-state index contributed by atoms with van der Waals surface area (Å²) in [6.07, 6.45) is 1.84. The molecule has 0 radical (unpaired) electrons. The Kier molecular flexibility index (Phi) is 6.61. The van der Waals surface area contributed by atoms with Crippen LogP contribution in [-0.4, -0.2) is 12.1 Å². The summed E-state index contributed by atoms with van der Waals surface area (Å²) in [5.74, 6) is 0.556. The van der Waals surface area contributed by atoms with Gasteiger partial charge in [-0.1, -0.05) is 66.2 Å². The molecule has 3 aromatic carbocycles. The number of halogens is 1. The van der Waals surface area contributed by atoms with Crippen LogP contribution in [0.5, 0.6) is 5.75 Å². The van der Waals surface area contributed by atoms with E-state index in [1.165, 1.54) is 0 Å². The Morgan fingerprint density at radius 1 is 0.963 bits per heavy atom. The van der Waals surface area contributed by atoms with E-state index in [1.54, 1.807) is 18.3 Å². The minimum atomic E-state index is -0.190. The Labute approximate surface area is 163 Å². The third-order valence-corrected chi connectivity index (χ3v) is 4.04. The molecule has 3 rings (SSSR count). The first-order valence-corrected chi connectivity index (χ1v) is 8.90. The molecule has 0 aliphatic heterocycles. The zero-order valence-electron chi connectivity index (χ0n) is 14.6. The maximum absolute atomic E-state index is 11.9. The van der Waals surface area contributed by atoms with Gasteiger partial charge in [0.2, 0.25) is 5.91 Å². The van der Waals surface area contributed by atoms with E-state index in [0.29, 0.717) is 11.6 Å². The maximum atomic E-state index is 11.9. The van der Waals surface area contributed by atoms with Crippen LogP contribution in [-0.2, 0) is 17.8 Å². The van der Waals surface area contributed by atoms with Crippen molar-refractivity contribution < 1.29 is 9.53 Å². The van der Waals surface area contributed by atoms with Gasteiger partial charge in [-0.05, 0) is 41.0 Å². The molecule has 0 bridgehead atoms. The first-order chi connectivity index (χ1) is 13.2. The fraction of sp³-hybridized carbons (Fsp3) is 0.0909. The first-order valence-electron chi connectivity index (χ1n) is 8.52. The highest BCUT2D eigenvalue weighted by molar-refractivity contribution is 6.30. The minimum Gasteiger partial charge on any atom is -0.489 e. The molecule has 27 heavy (non-hydrogen) atoms. The molecule has 0 saturated heterocycles. The molecular formula is C22H19ClN2O2. The summed E-state index contributed by atoms with van der Waals surface area (Å²) in [7, 11) is 0. The van der Waals surface area contributed by atoms with Crippen molar-refractivity contribution >= 4 is 23.7 Å². The van der Waals surface area contributed by atoms with Crippen molar-refractivity contribution in [2.24, 2.45) is 5.10 Å². The molecule has 5 heteroatoms. The highest BCUT2D eigenvalue weighted by Gasteiger charge is 2.02. The summed E-state index contributed by atoms with van der Waals surface area (Å²) in [6.45, 7) is 0.499. The number of hydrogen-bond acceptors (Lipinski definition) is 3. The van der Waals surface area contributed by atoms with E-state index in [1.807, 2.05) is 66.7 Å². The van der Waals surface area contributed by atoms with Crippen LogP contribution in [0.4, 0.5) is 0 Å². The summed E-state index contributed by atoms with van der Waals surface area (Å²) >= 11 is 5.84. The number of hydrogen-bond donors (Lipinski definition) is 1. The zero-order chi connectivity index (χ0) is 18.9. The predicted octanol–water partition coefficient (Wildman–Crippen LogP) is 4.61. The van der Waals surface area contributed by atoms with Gasteiger partial charge in [0.15, 0.2) is 0 Å². The van der Waals surface area contributed by atoms with Crippen molar-refractivity contribution in [3.63, 3.8) is 0 Å². The van der Waals surface area contributed by atoms with Gasteiger partial charge in [0.05, 0.1) is 12.6 Å². The fourth-order valence-corrected chi connectivity index (χ4v) is 2.56. The summed E-state index contributed by atoms with van der Waals surface area (Å²) in [5.41, 5.74) is 5.35. The second kappa shape index (κ2) is 9.55. The van der Waals surface area contributed by atoms with Gasteiger partial charge in [-0.3, -0.25) is 4.79 Å². The van der Waals surface area contributed by atoms with Crippen molar-refractivity contribution in [2.45, 2.75) is 13.0 Å². The molecule has 3 aromatic rings. The Bertz CT molecular complexity index is 909. The second-order valence-electron chi connectivity index (χ2n) is 5.94. The van der Waals surface area contributed by atoms with Crippen LogP contribution in [0.25, 0.3) is 0 Å². The summed E-state index contributed by atoms with van der Waals surface area (Å²) in [4.78, 5) is 11.9. The van der Waals surface area contributed by atoms with Gasteiger partial charge in [-0.15, -0.1) is 0 Å². The SMILES string of the molecule is O=C(Cc1ccc(Cl)cc1)N/N=C\c1cccc(OCc2ccccc2)c1. The monoisotopic (exact) mass is 378 g/mol. The number of nitrogens with zero attached hydrogens (tertiary/aromatic N) is 1. The Morgan fingerprint density at radius 2 is 1.74 bits per heavy atom. The van der Waals surface area contributed by atoms with Crippen molar-refractivity contribution in [3.8, 4) is 5.75 Å². The van der Waals surface area contributed by atoms with Crippen LogP contribution in [0.2, 0.25) is 5.02 Å². The Hall–Kier alpha value is -3.11. The van der Waals surface area contributed by atoms with Crippen LogP contribution in [0.1, 0.15) is 16.7 Å². The molecule has 0 unspecified atom stereocenters. The molecule has 0 saturated carbocycles. The van der Waals surface area contributed by atoms with E-state index in [4.69, 9.17) is 16.3 Å². The van der Waals surface area contributed by atoms with Crippen LogP contribution in [0.15, 0.2) is 84.0 Å². The molecular weight excluding hydrogens is 360 g/mol. The van der Waals surface area contributed by atoms with Crippen molar-refractivity contribution in [3.05, 3.63) is 101 Å². The lowest BCUT2D eigenvalue weighted by atomic mass is 10.1. The number of carbonyl (C=O) groups is 1. The highest BCUT2D eigenvalue weighted by atomic mass is 35.5. The number of hydrazone groups is 1. The van der Waals surface area contributed by atoms with Gasteiger partial charge < -0.3 is 4.74 Å². The molecule has 0 spiro atoms. The number of nitrogens with one attached hydrogen (secondary N) is 1. The summed E-state index contributed by atoms with van der Waals surface area (Å²) < 4.78 is 5.79. The van der Waals surface area contributed by atoms with Gasteiger partial charge in [-0.25, -0.2) is 5.43 Å². The Balaban J connectivity index is 1.51. The topological polar surface area (TPSA) is 50.7 Å². The average Bonchev–Trinajstić information content (AvgIpc) is 2.69. The predicted molar refractivity (Wildman–Crippen MR) is 108 cm³/mol. The van der Waals surface area contributed by atoms with E-state index >= 15 is 0 Å². The van der Waals surface area contributed by atoms with E-state index in [-0.39, 0.29) is 12.3 Å². The molecule has 0 aromatic heterocycles. The number of rotatable bonds is 7. The third-order valence-electron chi connectivity index (χ3n) is 3.79. The van der Waals surface area contributed by atoms with Crippen LogP contribution in [0.3, 0.4) is 0 Å². The molecule has 0 fully saturated rings. The summed E-state index contributed by atoms with van der Waals surface area (Å²) in [6, 6.07) is 24.7. The lowest BCUT2D eigenvalue weighted by Gasteiger charge is -2.06. The zero-order valence-corrected chi connectivity index (χ0v) is 15.4. The number of amides is 1. The average molecular weight is 379 g/mol. The Morgan fingerprint density at radius 3 is 2.52 bits per heavy atom. The molecule has 1 N–H and O–H groups in total.